The van der Waals surface area contributed by atoms with Gasteiger partial charge in [0.05, 0.1) is 0 Å². The maximum absolute atomic E-state index is 12.9. The van der Waals surface area contributed by atoms with Crippen molar-refractivity contribution < 1.29 is 4.39 Å². The van der Waals surface area contributed by atoms with Gasteiger partial charge in [0.2, 0.25) is 0 Å². The van der Waals surface area contributed by atoms with Crippen LogP contribution in [0.4, 0.5) is 4.39 Å². The maximum Gasteiger partial charge on any atom is 0.169 e. The largest absolute Gasteiger partial charge is 0.362 e. The number of nitrogens with zero attached hydrogens (tertiary/aromatic N) is 2. The van der Waals surface area contributed by atoms with Crippen LogP contribution < -0.4 is 5.32 Å². The van der Waals surface area contributed by atoms with Gasteiger partial charge in [0.15, 0.2) is 5.11 Å². The molecule has 1 heterocycles. The van der Waals surface area contributed by atoms with Crippen molar-refractivity contribution in [2.24, 2.45) is 5.92 Å². The predicted molar refractivity (Wildman–Crippen MR) is 88.7 cm³/mol. The molecular formula is C16H24FN3S. The summed E-state index contributed by atoms with van der Waals surface area (Å²) < 4.78 is 12.9. The Balaban J connectivity index is 1.75. The first-order valence-electron chi connectivity index (χ1n) is 7.54. The number of nitrogens with one attached hydrogen (secondary N) is 1. The normalized spacial score (nSPS) is 16.3. The van der Waals surface area contributed by atoms with Crippen LogP contribution in [0, 0.1) is 11.7 Å². The number of halogens is 1. The van der Waals surface area contributed by atoms with Crippen LogP contribution in [0.5, 0.6) is 0 Å². The van der Waals surface area contributed by atoms with Crippen LogP contribution in [-0.4, -0.2) is 47.6 Å². The minimum absolute atomic E-state index is 0.176. The molecule has 0 radical (unpaired) electrons. The summed E-state index contributed by atoms with van der Waals surface area (Å²) in [5, 5.41) is 4.19. The first-order chi connectivity index (χ1) is 10.0. The highest BCUT2D eigenvalue weighted by atomic mass is 32.1. The zero-order valence-electron chi connectivity index (χ0n) is 12.8. The van der Waals surface area contributed by atoms with Crippen molar-refractivity contribution in [3.63, 3.8) is 0 Å². The highest BCUT2D eigenvalue weighted by Crippen LogP contribution is 2.10. The number of thiocarbonyl (C=S) groups is 1. The average molecular weight is 309 g/mol. The molecular weight excluding hydrogens is 285 g/mol. The van der Waals surface area contributed by atoms with Crippen LogP contribution in [0.25, 0.3) is 0 Å². The second-order valence-electron chi connectivity index (χ2n) is 5.97. The summed E-state index contributed by atoms with van der Waals surface area (Å²) in [4.78, 5) is 4.62. The molecule has 0 aliphatic carbocycles. The van der Waals surface area contributed by atoms with Crippen LogP contribution in [0.2, 0.25) is 0 Å². The zero-order chi connectivity index (χ0) is 15.2. The van der Waals surface area contributed by atoms with Crippen LogP contribution in [0.15, 0.2) is 24.3 Å². The Morgan fingerprint density at radius 2 is 1.81 bits per heavy atom. The maximum atomic E-state index is 12.9. The molecule has 0 aromatic heterocycles. The van der Waals surface area contributed by atoms with E-state index in [0.717, 1.165) is 49.9 Å². The highest BCUT2D eigenvalue weighted by molar-refractivity contribution is 7.80. The Bertz CT molecular complexity index is 453. The highest BCUT2D eigenvalue weighted by Gasteiger charge is 2.18. The minimum Gasteiger partial charge on any atom is -0.362 e. The summed E-state index contributed by atoms with van der Waals surface area (Å²) in [5.41, 5.74) is 1.16. The Labute approximate surface area is 132 Å². The van der Waals surface area contributed by atoms with Crippen molar-refractivity contribution in [3.8, 4) is 0 Å². The minimum atomic E-state index is -0.176. The van der Waals surface area contributed by atoms with Gasteiger partial charge in [-0.15, -0.1) is 0 Å². The lowest BCUT2D eigenvalue weighted by atomic mass is 10.2. The monoisotopic (exact) mass is 309 g/mol. The zero-order valence-corrected chi connectivity index (χ0v) is 13.6. The van der Waals surface area contributed by atoms with Crippen molar-refractivity contribution in [3.05, 3.63) is 35.6 Å². The van der Waals surface area contributed by atoms with Crippen LogP contribution in [-0.2, 0) is 6.54 Å². The van der Waals surface area contributed by atoms with E-state index in [4.69, 9.17) is 12.2 Å². The summed E-state index contributed by atoms with van der Waals surface area (Å²) in [6.45, 7) is 10.0. The number of rotatable bonds is 4. The summed E-state index contributed by atoms with van der Waals surface area (Å²) >= 11 is 5.43. The second-order valence-corrected chi connectivity index (χ2v) is 6.36. The molecule has 116 valence electrons. The van der Waals surface area contributed by atoms with E-state index in [1.165, 1.54) is 12.1 Å². The lowest BCUT2D eigenvalue weighted by Crippen LogP contribution is -2.51. The van der Waals surface area contributed by atoms with Gasteiger partial charge in [0, 0.05) is 39.3 Å². The molecule has 1 aromatic carbocycles. The molecule has 1 aliphatic rings. The predicted octanol–water partition coefficient (Wildman–Crippen LogP) is 2.47. The Kier molecular flexibility index (Phi) is 5.94. The SMILES string of the molecule is CC(C)CNC(=S)N1CCN(Cc2ccc(F)cc2)CC1. The van der Waals surface area contributed by atoms with Crippen molar-refractivity contribution in [1.82, 2.24) is 15.1 Å². The van der Waals surface area contributed by atoms with E-state index in [0.29, 0.717) is 5.92 Å². The van der Waals surface area contributed by atoms with Crippen molar-refractivity contribution in [2.45, 2.75) is 20.4 Å². The molecule has 0 unspecified atom stereocenters. The number of hydrogen-bond acceptors (Lipinski definition) is 2. The van der Waals surface area contributed by atoms with E-state index in [-0.39, 0.29) is 5.82 Å². The summed E-state index contributed by atoms with van der Waals surface area (Å²) in [7, 11) is 0. The summed E-state index contributed by atoms with van der Waals surface area (Å²) in [6.07, 6.45) is 0. The molecule has 0 bridgehead atoms. The van der Waals surface area contributed by atoms with Gasteiger partial charge < -0.3 is 10.2 Å². The van der Waals surface area contributed by atoms with Crippen molar-refractivity contribution in [2.75, 3.05) is 32.7 Å². The van der Waals surface area contributed by atoms with E-state index in [1.54, 1.807) is 0 Å². The molecule has 0 amide bonds. The molecule has 2 rings (SSSR count). The van der Waals surface area contributed by atoms with Crippen LogP contribution in [0.3, 0.4) is 0 Å². The number of benzene rings is 1. The fraction of sp³-hybridized carbons (Fsp3) is 0.562. The van der Waals surface area contributed by atoms with E-state index in [1.807, 2.05) is 12.1 Å². The molecule has 21 heavy (non-hydrogen) atoms. The van der Waals surface area contributed by atoms with Gasteiger partial charge in [-0.25, -0.2) is 4.39 Å². The van der Waals surface area contributed by atoms with Gasteiger partial charge >= 0.3 is 0 Å². The lowest BCUT2D eigenvalue weighted by Gasteiger charge is -2.36. The smallest absolute Gasteiger partial charge is 0.169 e. The standard InChI is InChI=1S/C16H24FN3S/c1-13(2)11-18-16(21)20-9-7-19(8-10-20)12-14-3-5-15(17)6-4-14/h3-6,13H,7-12H2,1-2H3,(H,18,21). The lowest BCUT2D eigenvalue weighted by molar-refractivity contribution is 0.174. The number of piperazine rings is 1. The van der Waals surface area contributed by atoms with Crippen molar-refractivity contribution >= 4 is 17.3 Å². The van der Waals surface area contributed by atoms with Gasteiger partial charge in [0.25, 0.3) is 0 Å². The van der Waals surface area contributed by atoms with Crippen molar-refractivity contribution in [1.29, 1.82) is 0 Å². The van der Waals surface area contributed by atoms with Gasteiger partial charge in [-0.1, -0.05) is 26.0 Å². The van der Waals surface area contributed by atoms with E-state index in [9.17, 15) is 4.39 Å². The molecule has 1 fully saturated rings. The topological polar surface area (TPSA) is 18.5 Å². The van der Waals surface area contributed by atoms with E-state index in [2.05, 4.69) is 29.0 Å². The molecule has 0 saturated carbocycles. The van der Waals surface area contributed by atoms with Crippen LogP contribution >= 0.6 is 12.2 Å². The van der Waals surface area contributed by atoms with E-state index < -0.39 is 0 Å². The third-order valence-electron chi connectivity index (χ3n) is 3.64. The molecule has 3 nitrogen and oxygen atoms in total. The molecule has 0 spiro atoms. The third-order valence-corrected chi connectivity index (χ3v) is 4.04. The quantitative estimate of drug-likeness (QED) is 0.861. The third kappa shape index (κ3) is 5.25. The first kappa shape index (κ1) is 16.2. The molecule has 1 aliphatic heterocycles. The van der Waals surface area contributed by atoms with Gasteiger partial charge in [-0.05, 0) is 35.8 Å². The molecule has 1 saturated heterocycles. The van der Waals surface area contributed by atoms with E-state index >= 15 is 0 Å². The fourth-order valence-corrected chi connectivity index (χ4v) is 2.63. The van der Waals surface area contributed by atoms with Gasteiger partial charge in [0.1, 0.15) is 5.82 Å². The Morgan fingerprint density at radius 3 is 2.38 bits per heavy atom. The van der Waals surface area contributed by atoms with Gasteiger partial charge in [-0.3, -0.25) is 4.90 Å². The second kappa shape index (κ2) is 7.71. The number of hydrogen-bond donors (Lipinski definition) is 1. The fourth-order valence-electron chi connectivity index (χ4n) is 2.36. The average Bonchev–Trinajstić information content (AvgIpc) is 2.48. The molecule has 5 heteroatoms. The Hall–Kier alpha value is -1.20. The molecule has 1 N–H and O–H groups in total. The Morgan fingerprint density at radius 1 is 1.19 bits per heavy atom. The summed E-state index contributed by atoms with van der Waals surface area (Å²) in [6, 6.07) is 6.76. The van der Waals surface area contributed by atoms with Crippen LogP contribution in [0.1, 0.15) is 19.4 Å². The summed E-state index contributed by atoms with van der Waals surface area (Å²) in [5.74, 6) is 0.424. The molecule has 1 aromatic rings. The van der Waals surface area contributed by atoms with Gasteiger partial charge in [-0.2, -0.15) is 0 Å². The molecule has 0 atom stereocenters. The first-order valence-corrected chi connectivity index (χ1v) is 7.95.